The fourth-order valence-corrected chi connectivity index (χ4v) is 2.85. The lowest BCUT2D eigenvalue weighted by atomic mass is 10.2. The van der Waals surface area contributed by atoms with Crippen molar-refractivity contribution in [3.8, 4) is 28.8 Å². The van der Waals surface area contributed by atoms with E-state index in [1.165, 1.54) is 16.6 Å². The molecule has 164 valence electrons. The number of amides is 1. The third-order valence-corrected chi connectivity index (χ3v) is 4.44. The van der Waals surface area contributed by atoms with Crippen LogP contribution in [0.15, 0.2) is 60.7 Å². The van der Waals surface area contributed by atoms with Crippen LogP contribution in [0.2, 0.25) is 0 Å². The van der Waals surface area contributed by atoms with Gasteiger partial charge in [0.15, 0.2) is 18.1 Å². The summed E-state index contributed by atoms with van der Waals surface area (Å²) in [5, 5.41) is 15.2. The maximum absolute atomic E-state index is 13.2. The second-order valence-corrected chi connectivity index (χ2v) is 6.63. The lowest BCUT2D eigenvalue weighted by Gasteiger charge is -2.09. The predicted octanol–water partition coefficient (Wildman–Crippen LogP) is 2.51. The van der Waals surface area contributed by atoms with Gasteiger partial charge in [0.25, 0.3) is 5.91 Å². The molecule has 9 nitrogen and oxygen atoms in total. The minimum atomic E-state index is -0.337. The van der Waals surface area contributed by atoms with E-state index in [-0.39, 0.29) is 31.5 Å². The van der Waals surface area contributed by atoms with E-state index in [0.29, 0.717) is 34.4 Å². The molecule has 0 spiro atoms. The fourth-order valence-electron chi connectivity index (χ4n) is 2.85. The molecule has 1 N–H and O–H groups in total. The van der Waals surface area contributed by atoms with Crippen molar-refractivity contribution in [1.29, 1.82) is 0 Å². The topological polar surface area (TPSA) is 99.9 Å². The summed E-state index contributed by atoms with van der Waals surface area (Å²) in [5.74, 6) is 1.47. The molecule has 0 bridgehead atoms. The molecule has 0 aliphatic rings. The van der Waals surface area contributed by atoms with E-state index in [1.807, 2.05) is 0 Å². The summed E-state index contributed by atoms with van der Waals surface area (Å²) >= 11 is 0. The first-order chi connectivity index (χ1) is 15.6. The summed E-state index contributed by atoms with van der Waals surface area (Å²) in [6.45, 7) is 0.372. The van der Waals surface area contributed by atoms with Gasteiger partial charge < -0.3 is 19.5 Å². The molecule has 32 heavy (non-hydrogen) atoms. The monoisotopic (exact) mass is 437 g/mol. The van der Waals surface area contributed by atoms with Crippen molar-refractivity contribution < 1.29 is 23.4 Å². The third-order valence-electron chi connectivity index (χ3n) is 4.44. The molecule has 0 radical (unpaired) electrons. The van der Waals surface area contributed by atoms with Crippen LogP contribution in [0.1, 0.15) is 0 Å². The molecule has 4 aromatic rings. The lowest BCUT2D eigenvalue weighted by molar-refractivity contribution is -0.123. The highest BCUT2D eigenvalue weighted by Gasteiger charge is 2.11. The van der Waals surface area contributed by atoms with Crippen LogP contribution in [0, 0.1) is 5.82 Å². The molecule has 0 unspecified atom stereocenters. The van der Waals surface area contributed by atoms with Gasteiger partial charge in [-0.25, -0.2) is 4.39 Å². The summed E-state index contributed by atoms with van der Waals surface area (Å²) in [5.41, 5.74) is 1.20. The van der Waals surface area contributed by atoms with Crippen LogP contribution in [0.25, 0.3) is 17.0 Å². The van der Waals surface area contributed by atoms with Crippen LogP contribution in [-0.4, -0.2) is 52.6 Å². The maximum Gasteiger partial charge on any atom is 0.258 e. The number of halogens is 1. The first-order valence-corrected chi connectivity index (χ1v) is 9.77. The number of carbonyl (C=O) groups excluding carboxylic acids is 1. The zero-order chi connectivity index (χ0) is 22.3. The molecule has 4 rings (SSSR count). The number of hydrogen-bond donors (Lipinski definition) is 1. The van der Waals surface area contributed by atoms with Gasteiger partial charge in [-0.3, -0.25) is 4.79 Å². The maximum atomic E-state index is 13.2. The van der Waals surface area contributed by atoms with E-state index in [0.717, 1.165) is 0 Å². The van der Waals surface area contributed by atoms with Gasteiger partial charge in [-0.2, -0.15) is 4.52 Å². The van der Waals surface area contributed by atoms with E-state index in [4.69, 9.17) is 14.2 Å². The van der Waals surface area contributed by atoms with Gasteiger partial charge in [-0.15, -0.1) is 15.3 Å². The standard InChI is InChI=1S/C22H20FN5O4/c1-30-17-6-8-18(9-7-17)32-14-20(29)24-12-13-31-21-11-10-19-25-26-22(28(19)27-21)15-2-4-16(23)5-3-15/h2-11H,12-14H2,1H3,(H,24,29). The van der Waals surface area contributed by atoms with Gasteiger partial charge in [0, 0.05) is 11.6 Å². The number of nitrogens with zero attached hydrogens (tertiary/aromatic N) is 4. The lowest BCUT2D eigenvalue weighted by Crippen LogP contribution is -2.32. The Morgan fingerprint density at radius 3 is 2.47 bits per heavy atom. The van der Waals surface area contributed by atoms with E-state index in [9.17, 15) is 9.18 Å². The van der Waals surface area contributed by atoms with Gasteiger partial charge >= 0.3 is 0 Å². The summed E-state index contributed by atoms with van der Waals surface area (Å²) in [6.07, 6.45) is 0. The van der Waals surface area contributed by atoms with Crippen LogP contribution in [0.4, 0.5) is 4.39 Å². The van der Waals surface area contributed by atoms with Crippen LogP contribution in [0.3, 0.4) is 0 Å². The number of benzene rings is 2. The van der Waals surface area contributed by atoms with Gasteiger partial charge in [0.2, 0.25) is 5.88 Å². The molecule has 0 saturated carbocycles. The van der Waals surface area contributed by atoms with Crippen molar-refractivity contribution in [3.05, 3.63) is 66.5 Å². The van der Waals surface area contributed by atoms with E-state index < -0.39 is 0 Å². The van der Waals surface area contributed by atoms with E-state index >= 15 is 0 Å². The molecular formula is C22H20FN5O4. The van der Waals surface area contributed by atoms with Gasteiger partial charge in [-0.05, 0) is 54.6 Å². The van der Waals surface area contributed by atoms with Crippen LogP contribution in [-0.2, 0) is 4.79 Å². The Bertz CT molecular complexity index is 1200. The number of nitrogens with one attached hydrogen (secondary N) is 1. The second-order valence-electron chi connectivity index (χ2n) is 6.63. The molecule has 2 aromatic carbocycles. The van der Waals surface area contributed by atoms with Crippen molar-refractivity contribution in [3.63, 3.8) is 0 Å². The Balaban J connectivity index is 1.27. The third kappa shape index (κ3) is 5.09. The summed E-state index contributed by atoms with van der Waals surface area (Å²) < 4.78 is 30.8. The highest BCUT2D eigenvalue weighted by Crippen LogP contribution is 2.19. The van der Waals surface area contributed by atoms with Gasteiger partial charge in [-0.1, -0.05) is 0 Å². The van der Waals surface area contributed by atoms with E-state index in [1.54, 1.807) is 55.6 Å². The van der Waals surface area contributed by atoms with E-state index in [2.05, 4.69) is 20.6 Å². The Morgan fingerprint density at radius 1 is 0.969 bits per heavy atom. The average molecular weight is 437 g/mol. The highest BCUT2D eigenvalue weighted by atomic mass is 19.1. The molecular weight excluding hydrogens is 417 g/mol. The van der Waals surface area contributed by atoms with Crippen molar-refractivity contribution in [2.45, 2.75) is 0 Å². The SMILES string of the molecule is COc1ccc(OCC(=O)NCCOc2ccc3nnc(-c4ccc(F)cc4)n3n2)cc1. The summed E-state index contributed by atoms with van der Waals surface area (Å²) in [6, 6.07) is 16.2. The molecule has 0 aliphatic heterocycles. The quantitative estimate of drug-likeness (QED) is 0.402. The number of rotatable bonds is 9. The molecule has 0 atom stereocenters. The number of hydrogen-bond acceptors (Lipinski definition) is 7. The van der Waals surface area contributed by atoms with Crippen LogP contribution >= 0.6 is 0 Å². The summed E-state index contributed by atoms with van der Waals surface area (Å²) in [4.78, 5) is 11.9. The predicted molar refractivity (Wildman–Crippen MR) is 113 cm³/mol. The smallest absolute Gasteiger partial charge is 0.258 e. The molecule has 2 heterocycles. The van der Waals surface area contributed by atoms with Crippen LogP contribution < -0.4 is 19.5 Å². The van der Waals surface area contributed by atoms with Gasteiger partial charge in [0.05, 0.1) is 13.7 Å². The van der Waals surface area contributed by atoms with Crippen LogP contribution in [0.5, 0.6) is 17.4 Å². The number of fused-ring (bicyclic) bond motifs is 1. The number of ether oxygens (including phenoxy) is 3. The zero-order valence-electron chi connectivity index (χ0n) is 17.2. The number of carbonyl (C=O) groups is 1. The van der Waals surface area contributed by atoms with Crippen molar-refractivity contribution in [2.75, 3.05) is 26.9 Å². The normalized spacial score (nSPS) is 10.7. The molecule has 10 heteroatoms. The van der Waals surface area contributed by atoms with Crippen molar-refractivity contribution in [1.82, 2.24) is 25.1 Å². The Labute approximate surface area is 182 Å². The molecule has 0 aliphatic carbocycles. The first-order valence-electron chi connectivity index (χ1n) is 9.77. The Hall–Kier alpha value is -4.21. The van der Waals surface area contributed by atoms with Gasteiger partial charge in [0.1, 0.15) is 23.9 Å². The highest BCUT2D eigenvalue weighted by molar-refractivity contribution is 5.77. The zero-order valence-corrected chi connectivity index (χ0v) is 17.2. The Morgan fingerprint density at radius 2 is 1.72 bits per heavy atom. The molecule has 0 saturated heterocycles. The Kier molecular flexibility index (Phi) is 6.40. The molecule has 2 aromatic heterocycles. The van der Waals surface area contributed by atoms with Crippen molar-refractivity contribution >= 4 is 11.6 Å². The fraction of sp³-hybridized carbons (Fsp3) is 0.182. The number of methoxy groups -OCH3 is 1. The minimum Gasteiger partial charge on any atom is -0.497 e. The average Bonchev–Trinajstić information content (AvgIpc) is 3.24. The second kappa shape index (κ2) is 9.73. The minimum absolute atomic E-state index is 0.113. The number of aromatic nitrogens is 4. The van der Waals surface area contributed by atoms with Crippen molar-refractivity contribution in [2.24, 2.45) is 0 Å². The largest absolute Gasteiger partial charge is 0.497 e. The molecule has 1 amide bonds. The first kappa shape index (κ1) is 21.0. The summed E-state index contributed by atoms with van der Waals surface area (Å²) in [7, 11) is 1.58. The molecule has 0 fully saturated rings.